The molecule has 10 nitrogen and oxygen atoms in total. The highest BCUT2D eigenvalue weighted by atomic mass is 35.5. The number of carboxylic acid groups (broad SMARTS) is 2. The first-order valence-corrected chi connectivity index (χ1v) is 10.6. The van der Waals surface area contributed by atoms with Crippen molar-refractivity contribution in [3.63, 3.8) is 0 Å². The van der Waals surface area contributed by atoms with Crippen molar-refractivity contribution in [1.29, 1.82) is 0 Å². The zero-order valence-corrected chi connectivity index (χ0v) is 20.2. The summed E-state index contributed by atoms with van der Waals surface area (Å²) in [5, 5.41) is 16.9. The molecule has 0 aliphatic carbocycles. The highest BCUT2D eigenvalue weighted by Crippen LogP contribution is 2.33. The van der Waals surface area contributed by atoms with E-state index in [4.69, 9.17) is 26.2 Å². The fourth-order valence-electron chi connectivity index (χ4n) is 2.97. The van der Waals surface area contributed by atoms with Crippen LogP contribution in [0.1, 0.15) is 15.9 Å². The molecule has 3 N–H and O–H groups in total. The molecule has 0 radical (unpaired) electrons. The van der Waals surface area contributed by atoms with Crippen LogP contribution < -0.4 is 9.64 Å². The van der Waals surface area contributed by atoms with Crippen LogP contribution in [0.3, 0.4) is 0 Å². The number of fused-ring (bicyclic) bond motifs is 1. The third-order valence-electron chi connectivity index (χ3n) is 4.79. The van der Waals surface area contributed by atoms with E-state index in [-0.39, 0.29) is 11.6 Å². The number of nitrogens with zero attached hydrogens (tertiary/aromatic N) is 4. The zero-order chi connectivity index (χ0) is 27.5. The number of aromatic amines is 1. The largest absolute Gasteiger partial charge is 0.490 e. The van der Waals surface area contributed by atoms with Gasteiger partial charge in [-0.15, -0.1) is 0 Å². The maximum atomic E-state index is 11.3. The van der Waals surface area contributed by atoms with Crippen molar-refractivity contribution in [2.75, 3.05) is 19.0 Å². The van der Waals surface area contributed by atoms with Gasteiger partial charge in [-0.1, -0.05) is 17.7 Å². The van der Waals surface area contributed by atoms with E-state index in [0.717, 1.165) is 11.1 Å². The van der Waals surface area contributed by atoms with E-state index < -0.39 is 18.1 Å². The molecule has 0 saturated carbocycles. The van der Waals surface area contributed by atoms with Crippen molar-refractivity contribution in [3.8, 4) is 22.9 Å². The van der Waals surface area contributed by atoms with Gasteiger partial charge in [0, 0.05) is 37.6 Å². The van der Waals surface area contributed by atoms with E-state index in [1.165, 1.54) is 6.07 Å². The predicted octanol–water partition coefficient (Wildman–Crippen LogP) is 5.17. The number of aryl methyl sites for hydroxylation is 1. The van der Waals surface area contributed by atoms with Gasteiger partial charge in [-0.05, 0) is 36.8 Å². The number of carboxylic acids is 2. The number of aliphatic carboxylic acids is 1. The monoisotopic (exact) mass is 537 g/mol. The summed E-state index contributed by atoms with van der Waals surface area (Å²) in [7, 11) is 3.74. The molecule has 0 fully saturated rings. The fraction of sp³-hybridized carbons (Fsp3) is 0.174. The third-order valence-corrected chi connectivity index (χ3v) is 5.11. The maximum Gasteiger partial charge on any atom is 0.490 e. The SMILES string of the molecule is Cc1ccc(Oc2nc3cc(-c4cnc(N(C)C)nc4)c(Cl)cc3[nH]2)cc1C(=O)O.O=C(O)C(F)(F)F. The Kier molecular flexibility index (Phi) is 7.87. The molecule has 0 aliphatic rings. The van der Waals surface area contributed by atoms with Gasteiger partial charge in [0.05, 0.1) is 21.6 Å². The van der Waals surface area contributed by atoms with Gasteiger partial charge in [-0.25, -0.2) is 19.6 Å². The summed E-state index contributed by atoms with van der Waals surface area (Å²) in [4.78, 5) is 38.2. The lowest BCUT2D eigenvalue weighted by Gasteiger charge is -2.10. The second kappa shape index (κ2) is 10.7. The van der Waals surface area contributed by atoms with Gasteiger partial charge in [-0.3, -0.25) is 0 Å². The average molecular weight is 538 g/mol. The van der Waals surface area contributed by atoms with Crippen LogP contribution in [0, 0.1) is 6.92 Å². The number of imidazole rings is 1. The quantitative estimate of drug-likeness (QED) is 0.314. The normalized spacial score (nSPS) is 11.0. The minimum atomic E-state index is -5.08. The van der Waals surface area contributed by atoms with Crippen molar-refractivity contribution < 1.29 is 37.7 Å². The second-order valence-electron chi connectivity index (χ2n) is 7.74. The molecule has 0 atom stereocenters. The molecule has 0 unspecified atom stereocenters. The number of alkyl halides is 3. The van der Waals surface area contributed by atoms with Crippen LogP contribution in [-0.4, -0.2) is 62.4 Å². The first-order chi connectivity index (χ1) is 17.3. The number of hydrogen-bond donors (Lipinski definition) is 3. The minimum Gasteiger partial charge on any atom is -0.478 e. The van der Waals surface area contributed by atoms with E-state index in [2.05, 4.69) is 19.9 Å². The Bertz CT molecular complexity index is 1460. The number of hydrogen-bond acceptors (Lipinski definition) is 7. The average Bonchev–Trinajstić information content (AvgIpc) is 3.20. The van der Waals surface area contributed by atoms with Gasteiger partial charge in [0.1, 0.15) is 5.75 Å². The van der Waals surface area contributed by atoms with E-state index in [1.54, 1.807) is 37.5 Å². The summed E-state index contributed by atoms with van der Waals surface area (Å²) >= 11 is 6.46. The molecular formula is C23H19ClF3N5O5. The number of benzene rings is 2. The Hall–Kier alpha value is -4.39. The molecular weight excluding hydrogens is 519 g/mol. The van der Waals surface area contributed by atoms with Crippen LogP contribution in [0.25, 0.3) is 22.2 Å². The Morgan fingerprint density at radius 2 is 1.70 bits per heavy atom. The minimum absolute atomic E-state index is 0.176. The lowest BCUT2D eigenvalue weighted by atomic mass is 10.1. The first-order valence-electron chi connectivity index (χ1n) is 10.3. The number of H-pyrrole nitrogens is 1. The summed E-state index contributed by atoms with van der Waals surface area (Å²) in [6.45, 7) is 1.73. The summed E-state index contributed by atoms with van der Waals surface area (Å²) in [6.07, 6.45) is -1.67. The topological polar surface area (TPSA) is 142 Å². The second-order valence-corrected chi connectivity index (χ2v) is 8.15. The van der Waals surface area contributed by atoms with E-state index in [1.807, 2.05) is 25.1 Å². The molecule has 0 bridgehead atoms. The number of ether oxygens (including phenoxy) is 1. The lowest BCUT2D eigenvalue weighted by molar-refractivity contribution is -0.192. The zero-order valence-electron chi connectivity index (χ0n) is 19.5. The Balaban J connectivity index is 0.000000479. The van der Waals surface area contributed by atoms with Gasteiger partial charge in [0.15, 0.2) is 0 Å². The number of aromatic nitrogens is 4. The van der Waals surface area contributed by atoms with Crippen molar-refractivity contribution >= 4 is 40.5 Å². The molecule has 2 aromatic carbocycles. The van der Waals surface area contributed by atoms with E-state index in [0.29, 0.717) is 33.3 Å². The van der Waals surface area contributed by atoms with Gasteiger partial charge >= 0.3 is 18.1 Å². The van der Waals surface area contributed by atoms with Crippen molar-refractivity contribution in [3.05, 3.63) is 58.9 Å². The molecule has 14 heteroatoms. The summed E-state index contributed by atoms with van der Waals surface area (Å²) in [6, 6.07) is 8.66. The number of nitrogens with one attached hydrogen (secondary N) is 1. The van der Waals surface area contributed by atoms with Gasteiger partial charge in [-0.2, -0.15) is 18.2 Å². The van der Waals surface area contributed by atoms with Crippen molar-refractivity contribution in [2.45, 2.75) is 13.1 Å². The summed E-state index contributed by atoms with van der Waals surface area (Å²) in [5.74, 6) is -2.80. The van der Waals surface area contributed by atoms with Crippen molar-refractivity contribution in [1.82, 2.24) is 19.9 Å². The molecule has 2 heterocycles. The predicted molar refractivity (Wildman–Crippen MR) is 128 cm³/mol. The van der Waals surface area contributed by atoms with Crippen molar-refractivity contribution in [2.24, 2.45) is 0 Å². The molecule has 0 saturated heterocycles. The lowest BCUT2D eigenvalue weighted by Crippen LogP contribution is -2.21. The molecule has 37 heavy (non-hydrogen) atoms. The van der Waals surface area contributed by atoms with Gasteiger partial charge in [0.2, 0.25) is 5.95 Å². The molecule has 4 rings (SSSR count). The molecule has 0 aliphatic heterocycles. The first kappa shape index (κ1) is 27.2. The van der Waals surface area contributed by atoms with Gasteiger partial charge in [0.25, 0.3) is 6.01 Å². The van der Waals surface area contributed by atoms with E-state index >= 15 is 0 Å². The number of aromatic carboxylic acids is 1. The van der Waals surface area contributed by atoms with Gasteiger partial charge < -0.3 is 24.8 Å². The number of halogens is 4. The standard InChI is InChI=1S/C21H18ClN5O3.C2HF3O2/c1-11-4-5-13(6-14(11)19(28)29)30-21-25-17-7-15(16(22)8-18(17)26-21)12-9-23-20(24-10-12)27(2)3;3-2(4,5)1(6)7/h4-10H,1-3H3,(H,25,26)(H,28,29);(H,6,7). The van der Waals surface area contributed by atoms with Crippen LogP contribution in [-0.2, 0) is 4.79 Å². The Morgan fingerprint density at radius 3 is 2.24 bits per heavy atom. The van der Waals surface area contributed by atoms with Crippen LogP contribution in [0.2, 0.25) is 5.02 Å². The summed E-state index contributed by atoms with van der Waals surface area (Å²) < 4.78 is 37.5. The number of rotatable bonds is 5. The van der Waals surface area contributed by atoms with E-state index in [9.17, 15) is 23.1 Å². The third kappa shape index (κ3) is 6.64. The Morgan fingerprint density at radius 1 is 1.08 bits per heavy atom. The van der Waals surface area contributed by atoms with Crippen LogP contribution in [0.15, 0.2) is 42.7 Å². The van der Waals surface area contributed by atoms with Crippen LogP contribution in [0.5, 0.6) is 11.8 Å². The highest BCUT2D eigenvalue weighted by Gasteiger charge is 2.38. The van der Waals surface area contributed by atoms with Crippen LogP contribution in [0.4, 0.5) is 19.1 Å². The highest BCUT2D eigenvalue weighted by molar-refractivity contribution is 6.34. The molecule has 2 aromatic heterocycles. The number of carbonyl (C=O) groups is 2. The molecule has 0 amide bonds. The number of anilines is 1. The smallest absolute Gasteiger partial charge is 0.478 e. The molecule has 194 valence electrons. The van der Waals surface area contributed by atoms with Crippen LogP contribution >= 0.6 is 11.6 Å². The Labute approximate surface area is 212 Å². The fourth-order valence-corrected chi connectivity index (χ4v) is 3.25. The summed E-state index contributed by atoms with van der Waals surface area (Å²) in [5.41, 5.74) is 3.67. The molecule has 4 aromatic rings. The molecule has 0 spiro atoms. The maximum absolute atomic E-state index is 11.3.